The number of amides is 1. The molecule has 0 saturated heterocycles. The Morgan fingerprint density at radius 1 is 1.17 bits per heavy atom. The number of allylic oxidation sites excluding steroid dienone is 1. The largest absolute Gasteiger partial charge is 0.483 e. The number of thioether (sulfide) groups is 1. The van der Waals surface area contributed by atoms with Crippen LogP contribution in [0.25, 0.3) is 0 Å². The molecule has 0 aliphatic carbocycles. The summed E-state index contributed by atoms with van der Waals surface area (Å²) >= 11 is 1.41. The Morgan fingerprint density at radius 2 is 1.94 bits per heavy atom. The van der Waals surface area contributed by atoms with Crippen molar-refractivity contribution >= 4 is 34.5 Å². The van der Waals surface area contributed by atoms with Crippen LogP contribution in [0.4, 0.5) is 18.9 Å². The van der Waals surface area contributed by atoms with Crippen molar-refractivity contribution in [3.05, 3.63) is 82.5 Å². The molecule has 0 bridgehead atoms. The number of carbonyl (C=O) groups excluding carboxylic acids is 2. The lowest BCUT2D eigenvalue weighted by atomic mass is 9.94. The first-order valence-corrected chi connectivity index (χ1v) is 11.8. The van der Waals surface area contributed by atoms with Crippen LogP contribution >= 0.6 is 11.8 Å². The lowest BCUT2D eigenvalue weighted by Crippen LogP contribution is -2.34. The molecule has 1 N–H and O–H groups in total. The Bertz CT molecular complexity index is 1270. The van der Waals surface area contributed by atoms with E-state index in [0.717, 1.165) is 12.1 Å². The number of halogens is 3. The Labute approximate surface area is 209 Å². The quantitative estimate of drug-likeness (QED) is 0.490. The van der Waals surface area contributed by atoms with Crippen LogP contribution in [0.15, 0.2) is 76.4 Å². The molecule has 2 heterocycles. The highest BCUT2D eigenvalue weighted by Crippen LogP contribution is 2.43. The number of nitrogens with zero attached hydrogens (tertiary/aromatic N) is 2. The molecule has 7 nitrogen and oxygen atoms in total. The number of benzene rings is 2. The van der Waals surface area contributed by atoms with Gasteiger partial charge in [0, 0.05) is 17.5 Å². The van der Waals surface area contributed by atoms with Gasteiger partial charge in [0.05, 0.1) is 29.5 Å². The van der Waals surface area contributed by atoms with Crippen molar-refractivity contribution in [2.75, 3.05) is 18.5 Å². The molecule has 0 saturated carbocycles. The van der Waals surface area contributed by atoms with Gasteiger partial charge >= 0.3 is 12.1 Å². The number of aliphatic imine (C=N–C) groups is 1. The molecule has 1 amide bonds. The molecule has 0 fully saturated rings. The summed E-state index contributed by atoms with van der Waals surface area (Å²) in [5, 5.41) is 4.95. The predicted octanol–water partition coefficient (Wildman–Crippen LogP) is 5.49. The van der Waals surface area contributed by atoms with Crippen LogP contribution in [0.5, 0.6) is 5.75 Å². The highest BCUT2D eigenvalue weighted by atomic mass is 32.2. The van der Waals surface area contributed by atoms with Crippen LogP contribution in [-0.2, 0) is 20.5 Å². The zero-order valence-electron chi connectivity index (χ0n) is 19.3. The third-order valence-corrected chi connectivity index (χ3v) is 6.13. The number of nitrogens with one attached hydrogen (secondary N) is 1. The summed E-state index contributed by atoms with van der Waals surface area (Å²) in [7, 11) is 0. The summed E-state index contributed by atoms with van der Waals surface area (Å²) in [6, 6.07) is 10.7. The fourth-order valence-electron chi connectivity index (χ4n) is 3.83. The molecule has 0 aromatic heterocycles. The molecule has 11 heteroatoms. The number of amidine groups is 1. The van der Waals surface area contributed by atoms with Gasteiger partial charge in [0.1, 0.15) is 5.75 Å². The van der Waals surface area contributed by atoms with Gasteiger partial charge in [-0.15, -0.1) is 0 Å². The molecule has 36 heavy (non-hydrogen) atoms. The van der Waals surface area contributed by atoms with Crippen LogP contribution in [0.1, 0.15) is 31.0 Å². The third-order valence-electron chi connectivity index (χ3n) is 5.36. The number of anilines is 1. The highest BCUT2D eigenvalue weighted by Gasteiger charge is 2.39. The Morgan fingerprint density at radius 3 is 2.69 bits per heavy atom. The minimum Gasteiger partial charge on any atom is -0.483 e. The number of esters is 1. The highest BCUT2D eigenvalue weighted by molar-refractivity contribution is 8.16. The standard InChI is InChI=1S/C25H22F3N3O4S/c1-3-34-23(33)21-15(2)29-24-31(11-12-36-24)22(21)18-9-4-5-10-19(18)35-14-20(32)30-17-8-6-7-16(13-17)25(26,27)28/h4-13,22H,3,14H2,1-2H3,(H,30,32)/t22-/m1/s1. The second kappa shape index (κ2) is 10.5. The smallest absolute Gasteiger partial charge is 0.416 e. The summed E-state index contributed by atoms with van der Waals surface area (Å²) < 4.78 is 49.9. The summed E-state index contributed by atoms with van der Waals surface area (Å²) in [4.78, 5) is 31.7. The number of hydrogen-bond donors (Lipinski definition) is 1. The van der Waals surface area contributed by atoms with Crippen molar-refractivity contribution in [2.24, 2.45) is 4.99 Å². The number of fused-ring (bicyclic) bond motifs is 1. The zero-order chi connectivity index (χ0) is 25.9. The number of alkyl halides is 3. The summed E-state index contributed by atoms with van der Waals surface area (Å²) in [6.07, 6.45) is -2.72. The molecule has 2 aromatic rings. The maximum absolute atomic E-state index is 13.0. The molecular weight excluding hydrogens is 495 g/mol. The van der Waals surface area contributed by atoms with E-state index in [9.17, 15) is 22.8 Å². The number of hydrogen-bond acceptors (Lipinski definition) is 7. The Hall–Kier alpha value is -3.73. The normalized spacial score (nSPS) is 17.0. The van der Waals surface area contributed by atoms with Gasteiger partial charge in [-0.05, 0) is 43.5 Å². The molecule has 2 aliphatic rings. The monoisotopic (exact) mass is 517 g/mol. The molecule has 2 aliphatic heterocycles. The molecule has 0 radical (unpaired) electrons. The maximum atomic E-state index is 13.0. The summed E-state index contributed by atoms with van der Waals surface area (Å²) in [5.74, 6) is -0.808. The summed E-state index contributed by atoms with van der Waals surface area (Å²) in [5.41, 5.74) is 0.593. The van der Waals surface area contributed by atoms with Crippen molar-refractivity contribution in [1.29, 1.82) is 0 Å². The van der Waals surface area contributed by atoms with Crippen molar-refractivity contribution < 1.29 is 32.2 Å². The fraction of sp³-hybridized carbons (Fsp3) is 0.240. The van der Waals surface area contributed by atoms with Crippen molar-refractivity contribution in [3.63, 3.8) is 0 Å². The maximum Gasteiger partial charge on any atom is 0.416 e. The van der Waals surface area contributed by atoms with Crippen LogP contribution < -0.4 is 10.1 Å². The van der Waals surface area contributed by atoms with Crippen molar-refractivity contribution in [3.8, 4) is 5.75 Å². The van der Waals surface area contributed by atoms with E-state index >= 15 is 0 Å². The van der Waals surface area contributed by atoms with Crippen molar-refractivity contribution in [2.45, 2.75) is 26.1 Å². The van der Waals surface area contributed by atoms with Crippen LogP contribution in [0.2, 0.25) is 0 Å². The molecule has 188 valence electrons. The lowest BCUT2D eigenvalue weighted by Gasteiger charge is -2.34. The molecule has 1 atom stereocenters. The van der Waals surface area contributed by atoms with E-state index in [1.807, 2.05) is 10.3 Å². The van der Waals surface area contributed by atoms with Gasteiger partial charge in [-0.3, -0.25) is 4.79 Å². The van der Waals surface area contributed by atoms with Crippen LogP contribution in [0.3, 0.4) is 0 Å². The predicted molar refractivity (Wildman–Crippen MR) is 130 cm³/mol. The third kappa shape index (κ3) is 5.40. The zero-order valence-corrected chi connectivity index (χ0v) is 20.2. The number of rotatable bonds is 7. The second-order valence-electron chi connectivity index (χ2n) is 7.78. The van der Waals surface area contributed by atoms with Gasteiger partial charge in [-0.2, -0.15) is 13.2 Å². The minimum absolute atomic E-state index is 0.00206. The van der Waals surface area contributed by atoms with E-state index in [1.165, 1.54) is 23.9 Å². The number of ether oxygens (including phenoxy) is 2. The van der Waals surface area contributed by atoms with Gasteiger partial charge in [-0.25, -0.2) is 9.79 Å². The van der Waals surface area contributed by atoms with Crippen LogP contribution in [-0.4, -0.2) is 35.2 Å². The summed E-state index contributed by atoms with van der Waals surface area (Å²) in [6.45, 7) is 3.18. The molecule has 4 rings (SSSR count). The fourth-order valence-corrected chi connectivity index (χ4v) is 4.62. The molecule has 0 unspecified atom stereocenters. The van der Waals surface area contributed by atoms with E-state index in [2.05, 4.69) is 10.3 Å². The first kappa shape index (κ1) is 25.4. The van der Waals surface area contributed by atoms with Crippen LogP contribution in [0, 0.1) is 0 Å². The Kier molecular flexibility index (Phi) is 7.39. The molecular formula is C25H22F3N3O4S. The lowest BCUT2D eigenvalue weighted by molar-refractivity contribution is -0.139. The van der Waals surface area contributed by atoms with Gasteiger partial charge in [0.25, 0.3) is 5.91 Å². The van der Waals surface area contributed by atoms with Gasteiger partial charge in [-0.1, -0.05) is 36.0 Å². The Balaban J connectivity index is 1.56. The van der Waals surface area contributed by atoms with Gasteiger partial charge in [0.15, 0.2) is 11.8 Å². The molecule has 0 spiro atoms. The average molecular weight is 518 g/mol. The van der Waals surface area contributed by atoms with Crippen molar-refractivity contribution in [1.82, 2.24) is 4.90 Å². The average Bonchev–Trinajstić information content (AvgIpc) is 3.30. The van der Waals surface area contributed by atoms with E-state index in [0.29, 0.717) is 27.8 Å². The number of carbonyl (C=O) groups is 2. The van der Waals surface area contributed by atoms with E-state index in [1.54, 1.807) is 44.3 Å². The minimum atomic E-state index is -4.52. The van der Waals surface area contributed by atoms with E-state index in [4.69, 9.17) is 9.47 Å². The molecule has 2 aromatic carbocycles. The van der Waals surface area contributed by atoms with Gasteiger partial charge in [0.2, 0.25) is 0 Å². The van der Waals surface area contributed by atoms with E-state index < -0.39 is 36.3 Å². The SMILES string of the molecule is CCOC(=O)C1=C(C)N=C2SC=CN2[C@@H]1c1ccccc1OCC(=O)Nc1cccc(C(F)(F)F)c1. The van der Waals surface area contributed by atoms with Gasteiger partial charge < -0.3 is 19.7 Å². The first-order chi connectivity index (χ1) is 17.2. The van der Waals surface area contributed by atoms with E-state index in [-0.39, 0.29) is 12.3 Å². The number of para-hydroxylation sites is 1. The topological polar surface area (TPSA) is 80.2 Å². The second-order valence-corrected chi connectivity index (χ2v) is 8.65. The first-order valence-electron chi connectivity index (χ1n) is 11.0.